The second-order valence-corrected chi connectivity index (χ2v) is 9.21. The fourth-order valence-electron chi connectivity index (χ4n) is 3.96. The number of carbonyl (C=O) groups excluding carboxylic acids is 2. The number of carboxylic acids is 1. The molecular formula is C28H21ClN8O4. The number of amides is 2. The van der Waals surface area contributed by atoms with Crippen LogP contribution in [0.2, 0.25) is 5.02 Å². The average molecular weight is 569 g/mol. The van der Waals surface area contributed by atoms with Crippen molar-refractivity contribution in [2.45, 2.75) is 12.5 Å². The summed E-state index contributed by atoms with van der Waals surface area (Å²) in [7, 11) is 0. The molecule has 0 aliphatic rings. The van der Waals surface area contributed by atoms with Gasteiger partial charge in [0.15, 0.2) is 0 Å². The van der Waals surface area contributed by atoms with E-state index in [1.807, 2.05) is 18.2 Å². The number of carbonyl (C=O) groups is 3. The Morgan fingerprint density at radius 2 is 1.80 bits per heavy atom. The number of hydrogen-bond donors (Lipinski definition) is 3. The molecule has 2 aromatic heterocycles. The van der Waals surface area contributed by atoms with E-state index < -0.39 is 23.8 Å². The van der Waals surface area contributed by atoms with E-state index in [4.69, 9.17) is 16.7 Å². The molecule has 0 saturated carbocycles. The number of benzene rings is 3. The predicted molar refractivity (Wildman–Crippen MR) is 150 cm³/mol. The van der Waals surface area contributed by atoms with Gasteiger partial charge >= 0.3 is 5.97 Å². The van der Waals surface area contributed by atoms with Crippen LogP contribution in [0.1, 0.15) is 21.6 Å². The van der Waals surface area contributed by atoms with Gasteiger partial charge in [-0.2, -0.15) is 4.68 Å². The first-order valence-corrected chi connectivity index (χ1v) is 12.6. The minimum atomic E-state index is -1.09. The summed E-state index contributed by atoms with van der Waals surface area (Å²) in [6, 6.07) is 17.0. The lowest BCUT2D eigenvalue weighted by molar-refractivity contribution is -0.123. The maximum atomic E-state index is 13.3. The van der Waals surface area contributed by atoms with Crippen LogP contribution < -0.4 is 10.6 Å². The first kappa shape index (κ1) is 27.1. The van der Waals surface area contributed by atoms with Crippen molar-refractivity contribution in [2.75, 3.05) is 5.32 Å². The van der Waals surface area contributed by atoms with Crippen molar-refractivity contribution in [3.05, 3.63) is 107 Å². The van der Waals surface area contributed by atoms with Gasteiger partial charge in [-0.3, -0.25) is 14.6 Å². The van der Waals surface area contributed by atoms with Gasteiger partial charge in [-0.05, 0) is 71.1 Å². The van der Waals surface area contributed by atoms with E-state index in [2.05, 4.69) is 36.1 Å². The fourth-order valence-corrected chi connectivity index (χ4v) is 4.14. The number of rotatable bonds is 9. The van der Waals surface area contributed by atoms with Crippen molar-refractivity contribution < 1.29 is 19.5 Å². The van der Waals surface area contributed by atoms with E-state index in [1.54, 1.807) is 30.5 Å². The van der Waals surface area contributed by atoms with Crippen molar-refractivity contribution in [1.82, 2.24) is 35.5 Å². The van der Waals surface area contributed by atoms with Crippen molar-refractivity contribution in [3.63, 3.8) is 0 Å². The lowest BCUT2D eigenvalue weighted by Gasteiger charge is -2.18. The third-order valence-corrected chi connectivity index (χ3v) is 6.18. The van der Waals surface area contributed by atoms with Crippen LogP contribution in [-0.4, -0.2) is 59.1 Å². The van der Waals surface area contributed by atoms with Crippen LogP contribution in [0.15, 0.2) is 85.3 Å². The van der Waals surface area contributed by atoms with Gasteiger partial charge in [0.05, 0.1) is 28.0 Å². The van der Waals surface area contributed by atoms with Crippen LogP contribution in [0, 0.1) is 0 Å². The van der Waals surface area contributed by atoms with E-state index in [0.717, 1.165) is 0 Å². The third-order valence-electron chi connectivity index (χ3n) is 5.94. The molecule has 0 spiro atoms. The molecule has 12 nitrogen and oxygen atoms in total. The minimum Gasteiger partial charge on any atom is -0.478 e. The monoisotopic (exact) mass is 568 g/mol. The highest BCUT2D eigenvalue weighted by molar-refractivity contribution is 6.30. The van der Waals surface area contributed by atoms with Gasteiger partial charge in [0.2, 0.25) is 11.8 Å². The summed E-state index contributed by atoms with van der Waals surface area (Å²) in [5.74, 6) is -2.16. The first-order valence-electron chi connectivity index (χ1n) is 12.2. The molecule has 1 atom stereocenters. The molecule has 0 fully saturated rings. The van der Waals surface area contributed by atoms with Gasteiger partial charge in [0.1, 0.15) is 12.4 Å². The van der Waals surface area contributed by atoms with Gasteiger partial charge in [0, 0.05) is 35.0 Å². The molecule has 0 bridgehead atoms. The van der Waals surface area contributed by atoms with Crippen LogP contribution in [0.3, 0.4) is 0 Å². The summed E-state index contributed by atoms with van der Waals surface area (Å²) in [6.07, 6.45) is 5.82. The summed E-state index contributed by atoms with van der Waals surface area (Å²) < 4.78 is 1.43. The molecule has 5 rings (SSSR count). The largest absolute Gasteiger partial charge is 0.478 e. The molecule has 2 heterocycles. The minimum absolute atomic E-state index is 0.0451. The number of halogens is 1. The highest BCUT2D eigenvalue weighted by Gasteiger charge is 2.22. The summed E-state index contributed by atoms with van der Waals surface area (Å²) in [5.41, 5.74) is 3.44. The second kappa shape index (κ2) is 12.1. The van der Waals surface area contributed by atoms with Crippen LogP contribution >= 0.6 is 11.6 Å². The fraction of sp³-hybridized carbons (Fsp3) is 0.0714. The van der Waals surface area contributed by atoms with Crippen molar-refractivity contribution >= 4 is 52.2 Å². The van der Waals surface area contributed by atoms with Crippen LogP contribution in [0.25, 0.3) is 22.8 Å². The standard InChI is InChI=1S/C28H21ClN8O4/c29-19-8-11-25(37-16-31-35-36-37)18(13-19)7-12-26(38)34-24(14-21-15-30-22-3-1-2-4-23(22)32-21)27(39)33-20-9-5-17(6-10-20)28(40)41/h1-13,15-16,24H,14H2,(H,33,39)(H,34,38)(H,40,41)/b12-7+. The summed E-state index contributed by atoms with van der Waals surface area (Å²) in [4.78, 5) is 46.5. The Hall–Kier alpha value is -5.49. The lowest BCUT2D eigenvalue weighted by Crippen LogP contribution is -2.44. The molecule has 2 amide bonds. The number of nitrogens with one attached hydrogen (secondary N) is 2. The number of hydrogen-bond acceptors (Lipinski definition) is 8. The summed E-state index contributed by atoms with van der Waals surface area (Å²) in [5, 5.41) is 26.2. The Labute approximate surface area is 237 Å². The number of anilines is 1. The Balaban J connectivity index is 1.38. The average Bonchev–Trinajstić information content (AvgIpc) is 3.51. The molecule has 0 aliphatic carbocycles. The third kappa shape index (κ3) is 6.75. The number of carboxylic acid groups (broad SMARTS) is 1. The van der Waals surface area contributed by atoms with E-state index in [0.29, 0.717) is 38.7 Å². The van der Waals surface area contributed by atoms with E-state index in [-0.39, 0.29) is 12.0 Å². The van der Waals surface area contributed by atoms with Crippen molar-refractivity contribution in [3.8, 4) is 5.69 Å². The molecule has 13 heteroatoms. The molecule has 0 saturated heterocycles. The van der Waals surface area contributed by atoms with Crippen molar-refractivity contribution in [1.29, 1.82) is 0 Å². The maximum Gasteiger partial charge on any atom is 0.335 e. The van der Waals surface area contributed by atoms with Gasteiger partial charge in [-0.25, -0.2) is 9.78 Å². The number of fused-ring (bicyclic) bond motifs is 1. The highest BCUT2D eigenvalue weighted by Crippen LogP contribution is 2.20. The summed E-state index contributed by atoms with van der Waals surface area (Å²) >= 11 is 6.16. The van der Waals surface area contributed by atoms with E-state index in [1.165, 1.54) is 47.4 Å². The second-order valence-electron chi connectivity index (χ2n) is 8.78. The van der Waals surface area contributed by atoms with Crippen molar-refractivity contribution in [2.24, 2.45) is 0 Å². The number of para-hydroxylation sites is 2. The molecule has 0 radical (unpaired) electrons. The van der Waals surface area contributed by atoms with Crippen LogP contribution in [0.5, 0.6) is 0 Å². The normalized spacial score (nSPS) is 11.8. The zero-order chi connectivity index (χ0) is 28.8. The maximum absolute atomic E-state index is 13.3. The Morgan fingerprint density at radius 3 is 2.54 bits per heavy atom. The Kier molecular flexibility index (Phi) is 8.02. The van der Waals surface area contributed by atoms with Crippen LogP contribution in [-0.2, 0) is 16.0 Å². The quantitative estimate of drug-likeness (QED) is 0.226. The molecular weight excluding hydrogens is 548 g/mol. The Bertz CT molecular complexity index is 1760. The molecule has 204 valence electrons. The lowest BCUT2D eigenvalue weighted by atomic mass is 10.1. The molecule has 5 aromatic rings. The van der Waals surface area contributed by atoms with E-state index >= 15 is 0 Å². The molecule has 41 heavy (non-hydrogen) atoms. The highest BCUT2D eigenvalue weighted by atomic mass is 35.5. The zero-order valence-corrected chi connectivity index (χ0v) is 21.9. The van der Waals surface area contributed by atoms with Crippen LogP contribution in [0.4, 0.5) is 5.69 Å². The number of nitrogens with zero attached hydrogens (tertiary/aromatic N) is 6. The number of tetrazole rings is 1. The molecule has 3 aromatic carbocycles. The summed E-state index contributed by atoms with van der Waals surface area (Å²) in [6.45, 7) is 0. The van der Waals surface area contributed by atoms with Gasteiger partial charge in [0.25, 0.3) is 0 Å². The van der Waals surface area contributed by atoms with Gasteiger partial charge in [-0.15, -0.1) is 5.10 Å². The van der Waals surface area contributed by atoms with Gasteiger partial charge in [-0.1, -0.05) is 23.7 Å². The SMILES string of the molecule is O=C(/C=C/c1cc(Cl)ccc1-n1cnnn1)NC(Cc1cnc2ccccc2n1)C(=O)Nc1ccc(C(=O)O)cc1. The van der Waals surface area contributed by atoms with Gasteiger partial charge < -0.3 is 15.7 Å². The first-order chi connectivity index (χ1) is 19.9. The molecule has 3 N–H and O–H groups in total. The number of aromatic carboxylic acids is 1. The molecule has 1 unspecified atom stereocenters. The molecule has 0 aliphatic heterocycles. The Morgan fingerprint density at radius 1 is 1.02 bits per heavy atom. The zero-order valence-electron chi connectivity index (χ0n) is 21.2. The predicted octanol–water partition coefficient (Wildman–Crippen LogP) is 3.34. The topological polar surface area (TPSA) is 165 Å². The van der Waals surface area contributed by atoms with E-state index in [9.17, 15) is 14.4 Å². The smallest absolute Gasteiger partial charge is 0.335 e. The number of aromatic nitrogens is 6.